The summed E-state index contributed by atoms with van der Waals surface area (Å²) < 4.78 is 0. The first-order valence-electron chi connectivity index (χ1n) is 5.90. The molecule has 0 aliphatic heterocycles. The molecule has 0 bridgehead atoms. The molecule has 1 atom stereocenters. The van der Waals surface area contributed by atoms with Crippen LogP contribution in [0.3, 0.4) is 0 Å². The van der Waals surface area contributed by atoms with E-state index in [9.17, 15) is 9.59 Å². The quantitative estimate of drug-likeness (QED) is 0.748. The van der Waals surface area contributed by atoms with Crippen LogP contribution in [0.15, 0.2) is 24.3 Å². The van der Waals surface area contributed by atoms with Gasteiger partial charge in [0.05, 0.1) is 5.92 Å². The van der Waals surface area contributed by atoms with Crippen molar-refractivity contribution >= 4 is 12.0 Å². The molecule has 0 saturated carbocycles. The summed E-state index contributed by atoms with van der Waals surface area (Å²) in [5.74, 6) is -1.37. The number of urea groups is 1. The molecule has 1 aromatic carbocycles. The van der Waals surface area contributed by atoms with Gasteiger partial charge in [0, 0.05) is 20.1 Å². The minimum Gasteiger partial charge on any atom is -0.508 e. The van der Waals surface area contributed by atoms with Crippen LogP contribution in [0.2, 0.25) is 0 Å². The van der Waals surface area contributed by atoms with Crippen molar-refractivity contribution in [2.75, 3.05) is 13.6 Å². The molecule has 19 heavy (non-hydrogen) atoms. The minimum absolute atomic E-state index is 0.150. The van der Waals surface area contributed by atoms with Crippen molar-refractivity contribution < 1.29 is 19.8 Å². The number of aliphatic carboxylic acids is 1. The molecule has 0 heterocycles. The van der Waals surface area contributed by atoms with Crippen LogP contribution in [0, 0.1) is 5.92 Å². The van der Waals surface area contributed by atoms with Gasteiger partial charge in [-0.1, -0.05) is 19.1 Å². The normalized spacial score (nSPS) is 11.7. The number of rotatable bonds is 5. The molecule has 0 fully saturated rings. The van der Waals surface area contributed by atoms with Crippen molar-refractivity contribution in [2.45, 2.75) is 13.5 Å². The Hall–Kier alpha value is -2.24. The summed E-state index contributed by atoms with van der Waals surface area (Å²) in [4.78, 5) is 23.7. The zero-order valence-corrected chi connectivity index (χ0v) is 11.0. The van der Waals surface area contributed by atoms with E-state index in [2.05, 4.69) is 5.32 Å². The van der Waals surface area contributed by atoms with E-state index in [0.717, 1.165) is 5.56 Å². The average molecular weight is 266 g/mol. The van der Waals surface area contributed by atoms with Crippen LogP contribution < -0.4 is 5.32 Å². The van der Waals surface area contributed by atoms with E-state index < -0.39 is 11.9 Å². The van der Waals surface area contributed by atoms with Gasteiger partial charge in [-0.15, -0.1) is 0 Å². The van der Waals surface area contributed by atoms with Gasteiger partial charge in [0.15, 0.2) is 0 Å². The van der Waals surface area contributed by atoms with Gasteiger partial charge < -0.3 is 20.4 Å². The molecule has 0 aromatic heterocycles. The summed E-state index contributed by atoms with van der Waals surface area (Å²) >= 11 is 0. The van der Waals surface area contributed by atoms with Crippen LogP contribution in [0.5, 0.6) is 5.75 Å². The van der Waals surface area contributed by atoms with Crippen molar-refractivity contribution in [3.8, 4) is 5.75 Å². The molecule has 0 aliphatic rings. The highest BCUT2D eigenvalue weighted by atomic mass is 16.4. The molecule has 0 aliphatic carbocycles. The van der Waals surface area contributed by atoms with E-state index in [-0.39, 0.29) is 18.3 Å². The third kappa shape index (κ3) is 4.87. The van der Waals surface area contributed by atoms with Gasteiger partial charge >= 0.3 is 12.0 Å². The first-order chi connectivity index (χ1) is 8.90. The van der Waals surface area contributed by atoms with Crippen LogP contribution >= 0.6 is 0 Å². The number of benzene rings is 1. The Morgan fingerprint density at radius 1 is 1.32 bits per heavy atom. The van der Waals surface area contributed by atoms with Crippen molar-refractivity contribution in [3.05, 3.63) is 29.8 Å². The Morgan fingerprint density at radius 2 is 1.89 bits per heavy atom. The summed E-state index contributed by atoms with van der Waals surface area (Å²) in [5, 5.41) is 20.6. The van der Waals surface area contributed by atoms with Crippen molar-refractivity contribution in [3.63, 3.8) is 0 Å². The highest BCUT2D eigenvalue weighted by Crippen LogP contribution is 2.09. The number of carboxylic acid groups (broad SMARTS) is 1. The Kier molecular flexibility index (Phi) is 5.17. The summed E-state index contributed by atoms with van der Waals surface area (Å²) in [6, 6.07) is 6.15. The summed E-state index contributed by atoms with van der Waals surface area (Å²) in [6.07, 6.45) is 0. The van der Waals surface area contributed by atoms with Gasteiger partial charge in [0.25, 0.3) is 0 Å². The van der Waals surface area contributed by atoms with Gasteiger partial charge in [-0.05, 0) is 17.7 Å². The monoisotopic (exact) mass is 266 g/mol. The number of carboxylic acids is 1. The number of nitrogens with zero attached hydrogens (tertiary/aromatic N) is 1. The second-order valence-corrected chi connectivity index (χ2v) is 4.44. The lowest BCUT2D eigenvalue weighted by atomic mass is 10.2. The average Bonchev–Trinajstić information content (AvgIpc) is 2.37. The van der Waals surface area contributed by atoms with Gasteiger partial charge in [-0.25, -0.2) is 4.79 Å². The number of carbonyl (C=O) groups is 2. The van der Waals surface area contributed by atoms with Crippen molar-refractivity contribution in [1.29, 1.82) is 0 Å². The Balaban J connectivity index is 2.42. The maximum absolute atomic E-state index is 11.7. The number of amides is 2. The largest absolute Gasteiger partial charge is 0.508 e. The van der Waals surface area contributed by atoms with Crippen LogP contribution in [-0.4, -0.2) is 40.7 Å². The number of hydrogen-bond acceptors (Lipinski definition) is 3. The summed E-state index contributed by atoms with van der Waals surface area (Å²) in [6.45, 7) is 2.02. The topological polar surface area (TPSA) is 89.9 Å². The smallest absolute Gasteiger partial charge is 0.317 e. The Morgan fingerprint density at radius 3 is 2.42 bits per heavy atom. The molecule has 2 amide bonds. The van der Waals surface area contributed by atoms with Crippen LogP contribution in [0.1, 0.15) is 12.5 Å². The van der Waals surface area contributed by atoms with E-state index in [1.54, 1.807) is 26.1 Å². The van der Waals surface area contributed by atoms with Gasteiger partial charge in [-0.2, -0.15) is 0 Å². The molecule has 0 radical (unpaired) electrons. The first-order valence-corrected chi connectivity index (χ1v) is 5.90. The van der Waals surface area contributed by atoms with Gasteiger partial charge in [0.2, 0.25) is 0 Å². The lowest BCUT2D eigenvalue weighted by molar-refractivity contribution is -0.141. The molecule has 0 saturated heterocycles. The highest BCUT2D eigenvalue weighted by molar-refractivity contribution is 5.75. The van der Waals surface area contributed by atoms with Crippen LogP contribution in [0.25, 0.3) is 0 Å². The number of phenols is 1. The highest BCUT2D eigenvalue weighted by Gasteiger charge is 2.16. The van der Waals surface area contributed by atoms with Crippen LogP contribution in [-0.2, 0) is 11.3 Å². The lowest BCUT2D eigenvalue weighted by Crippen LogP contribution is -2.40. The zero-order valence-electron chi connectivity index (χ0n) is 11.0. The molecule has 6 nitrogen and oxygen atoms in total. The predicted molar refractivity (Wildman–Crippen MR) is 69.8 cm³/mol. The fourth-order valence-corrected chi connectivity index (χ4v) is 1.50. The third-order valence-electron chi connectivity index (χ3n) is 2.70. The lowest BCUT2D eigenvalue weighted by Gasteiger charge is -2.20. The van der Waals surface area contributed by atoms with E-state index in [1.807, 2.05) is 0 Å². The number of carbonyl (C=O) groups excluding carboxylic acids is 1. The van der Waals surface area contributed by atoms with Gasteiger partial charge in [0.1, 0.15) is 5.75 Å². The molecule has 1 rings (SSSR count). The second kappa shape index (κ2) is 6.63. The maximum atomic E-state index is 11.7. The standard InChI is InChI=1S/C13H18N2O4/c1-9(12(17)18)8-15(2)13(19)14-7-10-3-5-11(16)6-4-10/h3-6,9,16H,7-8H2,1-2H3,(H,14,19)(H,17,18)/t9-/m0/s1. The molecule has 0 unspecified atom stereocenters. The van der Waals surface area contributed by atoms with Crippen molar-refractivity contribution in [2.24, 2.45) is 5.92 Å². The number of nitrogens with one attached hydrogen (secondary N) is 1. The molecule has 6 heteroatoms. The summed E-state index contributed by atoms with van der Waals surface area (Å²) in [5.41, 5.74) is 0.853. The van der Waals surface area contributed by atoms with E-state index in [4.69, 9.17) is 10.2 Å². The fraction of sp³-hybridized carbons (Fsp3) is 0.385. The van der Waals surface area contributed by atoms with E-state index >= 15 is 0 Å². The minimum atomic E-state index is -0.932. The maximum Gasteiger partial charge on any atom is 0.317 e. The molecule has 1 aromatic rings. The number of phenolic OH excluding ortho intramolecular Hbond substituents is 1. The zero-order chi connectivity index (χ0) is 14.4. The third-order valence-corrected chi connectivity index (χ3v) is 2.70. The molecular weight excluding hydrogens is 248 g/mol. The number of aromatic hydroxyl groups is 1. The van der Waals surface area contributed by atoms with E-state index in [1.165, 1.54) is 17.0 Å². The van der Waals surface area contributed by atoms with E-state index in [0.29, 0.717) is 6.54 Å². The second-order valence-electron chi connectivity index (χ2n) is 4.44. The molecule has 3 N–H and O–H groups in total. The molecule has 0 spiro atoms. The van der Waals surface area contributed by atoms with Crippen LogP contribution in [0.4, 0.5) is 4.79 Å². The molecule has 104 valence electrons. The predicted octanol–water partition coefficient (Wildman–Crippen LogP) is 1.25. The van der Waals surface area contributed by atoms with Gasteiger partial charge in [-0.3, -0.25) is 4.79 Å². The summed E-state index contributed by atoms with van der Waals surface area (Å²) in [7, 11) is 1.55. The Labute approximate surface area is 111 Å². The fourth-order valence-electron chi connectivity index (χ4n) is 1.50. The number of hydrogen-bond donors (Lipinski definition) is 3. The van der Waals surface area contributed by atoms with Crippen molar-refractivity contribution in [1.82, 2.24) is 10.2 Å². The SMILES string of the molecule is C[C@@H](CN(C)C(=O)NCc1ccc(O)cc1)C(=O)O. The molecular formula is C13H18N2O4. The first kappa shape index (κ1) is 14.8. The Bertz CT molecular complexity index is 444.